The summed E-state index contributed by atoms with van der Waals surface area (Å²) in [6, 6.07) is 0. The van der Waals surface area contributed by atoms with Gasteiger partial charge in [0.25, 0.3) is 5.56 Å². The molecule has 0 aliphatic carbocycles. The summed E-state index contributed by atoms with van der Waals surface area (Å²) in [6.45, 7) is 9.39. The van der Waals surface area contributed by atoms with Gasteiger partial charge in [-0.1, -0.05) is 20.8 Å². The second-order valence-electron chi connectivity index (χ2n) is 6.53. The predicted molar refractivity (Wildman–Crippen MR) is 109 cm³/mol. The van der Waals surface area contributed by atoms with Crippen molar-refractivity contribution in [1.82, 2.24) is 18.7 Å². The number of fused-ring (bicyclic) bond motifs is 1. The number of hydrogen-bond acceptors (Lipinski definition) is 6. The van der Waals surface area contributed by atoms with E-state index in [1.807, 2.05) is 13.8 Å². The fourth-order valence-corrected chi connectivity index (χ4v) is 4.35. The Morgan fingerprint density at radius 3 is 2.29 bits per heavy atom. The quantitative estimate of drug-likeness (QED) is 0.391. The Kier molecular flexibility index (Phi) is 8.22. The molecule has 0 aromatic carbocycles. The minimum atomic E-state index is -3.04. The van der Waals surface area contributed by atoms with Crippen molar-refractivity contribution in [2.45, 2.75) is 66.6 Å². The van der Waals surface area contributed by atoms with E-state index in [0.29, 0.717) is 56.4 Å². The third-order valence-corrected chi connectivity index (χ3v) is 6.42. The van der Waals surface area contributed by atoms with Crippen molar-refractivity contribution in [3.63, 3.8) is 0 Å². The molecule has 0 aliphatic rings. The first-order chi connectivity index (χ1) is 13.4. The molecule has 0 spiro atoms. The van der Waals surface area contributed by atoms with Crippen molar-refractivity contribution in [3.8, 4) is 0 Å². The summed E-state index contributed by atoms with van der Waals surface area (Å²) in [5.74, 6) is 0. The summed E-state index contributed by atoms with van der Waals surface area (Å²) in [6.07, 6.45) is 3.90. The smallest absolute Gasteiger partial charge is 0.325 e. The highest BCUT2D eigenvalue weighted by Gasteiger charge is 2.21. The van der Waals surface area contributed by atoms with Crippen LogP contribution in [-0.4, -0.2) is 38.1 Å². The van der Waals surface area contributed by atoms with Crippen LogP contribution < -0.4 is 11.2 Å². The molecule has 0 fully saturated rings. The number of aryl methyl sites for hydroxylation is 2. The minimum Gasteiger partial charge on any atom is -0.325 e. The highest BCUT2D eigenvalue weighted by Crippen LogP contribution is 2.47. The fraction of sp³-hybridized carbons (Fsp3) is 0.722. The molecule has 0 aliphatic heterocycles. The van der Waals surface area contributed by atoms with E-state index in [9.17, 15) is 14.2 Å². The average molecular weight is 414 g/mol. The summed E-state index contributed by atoms with van der Waals surface area (Å²) in [4.78, 5) is 29.9. The van der Waals surface area contributed by atoms with Gasteiger partial charge >= 0.3 is 13.3 Å². The number of aromatic nitrogens is 4. The van der Waals surface area contributed by atoms with E-state index < -0.39 is 7.60 Å². The zero-order valence-electron chi connectivity index (χ0n) is 17.2. The van der Waals surface area contributed by atoms with Crippen molar-refractivity contribution in [2.75, 3.05) is 19.4 Å². The van der Waals surface area contributed by atoms with Crippen molar-refractivity contribution in [2.24, 2.45) is 0 Å². The molecular formula is C18H31N4O5P. The fourth-order valence-electron chi connectivity index (χ4n) is 3.11. The number of nitrogens with zero attached hydrogens (tertiary/aromatic N) is 4. The second-order valence-corrected chi connectivity index (χ2v) is 8.90. The lowest BCUT2D eigenvalue weighted by molar-refractivity contribution is 0.208. The summed E-state index contributed by atoms with van der Waals surface area (Å²) >= 11 is 0. The summed E-state index contributed by atoms with van der Waals surface area (Å²) in [5.41, 5.74) is 0.209. The summed E-state index contributed by atoms with van der Waals surface area (Å²) in [7, 11) is -3.04. The van der Waals surface area contributed by atoms with Gasteiger partial charge < -0.3 is 13.6 Å². The van der Waals surface area contributed by atoms with Gasteiger partial charge in [-0.15, -0.1) is 0 Å². The van der Waals surface area contributed by atoms with Crippen LogP contribution in [0.5, 0.6) is 0 Å². The standard InChI is InChI=1S/C18H31N4O5P/c1-5-10-21-16-15(17(23)22(11-6-2)18(21)24)20(14-19-16)12-9-13-27-28(25,8-4)26-7-3/h14H,5-13H2,1-4H3. The van der Waals surface area contributed by atoms with E-state index >= 15 is 0 Å². The molecule has 2 rings (SSSR count). The van der Waals surface area contributed by atoms with Crippen LogP contribution >= 0.6 is 7.60 Å². The van der Waals surface area contributed by atoms with Crippen molar-refractivity contribution < 1.29 is 13.6 Å². The molecule has 0 bridgehead atoms. The van der Waals surface area contributed by atoms with Gasteiger partial charge in [0.1, 0.15) is 0 Å². The molecule has 0 saturated heterocycles. The SMILES string of the molecule is CCCn1c(=O)c2c(ncn2CCCOP(=O)(CC)OCC)n(CCC)c1=O. The molecule has 1 unspecified atom stereocenters. The van der Waals surface area contributed by atoms with Crippen LogP contribution in [0.4, 0.5) is 0 Å². The maximum atomic E-state index is 12.9. The number of rotatable bonds is 12. The molecule has 2 heterocycles. The molecule has 1 atom stereocenters. The Balaban J connectivity index is 2.28. The molecule has 0 amide bonds. The molecule has 28 heavy (non-hydrogen) atoms. The largest absolute Gasteiger partial charge is 0.332 e. The first-order valence-electron chi connectivity index (χ1n) is 9.98. The molecule has 10 heteroatoms. The minimum absolute atomic E-state index is 0.253. The topological polar surface area (TPSA) is 97.3 Å². The molecule has 158 valence electrons. The zero-order valence-corrected chi connectivity index (χ0v) is 18.1. The summed E-state index contributed by atoms with van der Waals surface area (Å²) in [5, 5.41) is 0. The van der Waals surface area contributed by atoms with Crippen molar-refractivity contribution >= 4 is 18.8 Å². The normalized spacial score (nSPS) is 13.9. The van der Waals surface area contributed by atoms with Crippen LogP contribution in [0.3, 0.4) is 0 Å². The van der Waals surface area contributed by atoms with Gasteiger partial charge in [0.2, 0.25) is 0 Å². The molecular weight excluding hydrogens is 383 g/mol. The average Bonchev–Trinajstić information content (AvgIpc) is 3.10. The van der Waals surface area contributed by atoms with Crippen molar-refractivity contribution in [1.29, 1.82) is 0 Å². The molecule has 0 N–H and O–H groups in total. The highest BCUT2D eigenvalue weighted by atomic mass is 31.2. The lowest BCUT2D eigenvalue weighted by Crippen LogP contribution is -2.40. The lowest BCUT2D eigenvalue weighted by Gasteiger charge is -2.16. The third-order valence-electron chi connectivity index (χ3n) is 4.42. The van der Waals surface area contributed by atoms with Gasteiger partial charge in [-0.3, -0.25) is 18.5 Å². The molecule has 0 saturated carbocycles. The maximum Gasteiger partial charge on any atom is 0.332 e. The Morgan fingerprint density at radius 1 is 1.00 bits per heavy atom. The third kappa shape index (κ3) is 4.82. The Bertz CT molecular complexity index is 946. The Hall–Kier alpha value is -1.70. The van der Waals surface area contributed by atoms with Gasteiger partial charge in [0.15, 0.2) is 11.2 Å². The Morgan fingerprint density at radius 2 is 1.68 bits per heavy atom. The molecule has 2 aromatic heterocycles. The van der Waals surface area contributed by atoms with Crippen molar-refractivity contribution in [3.05, 3.63) is 27.2 Å². The van der Waals surface area contributed by atoms with Crippen LogP contribution in [0.1, 0.15) is 47.0 Å². The van der Waals surface area contributed by atoms with Crippen LogP contribution in [0.2, 0.25) is 0 Å². The van der Waals surface area contributed by atoms with Crippen LogP contribution in [0.15, 0.2) is 15.9 Å². The number of hydrogen-bond donors (Lipinski definition) is 0. The van der Waals surface area contributed by atoms with Crippen LogP contribution in [0, 0.1) is 0 Å². The van der Waals surface area contributed by atoms with E-state index in [2.05, 4.69) is 4.98 Å². The van der Waals surface area contributed by atoms with E-state index in [-0.39, 0.29) is 17.9 Å². The number of imidazole rings is 1. The van der Waals surface area contributed by atoms with Gasteiger partial charge in [-0.05, 0) is 26.2 Å². The van der Waals surface area contributed by atoms with E-state index in [1.165, 1.54) is 4.57 Å². The molecule has 9 nitrogen and oxygen atoms in total. The monoisotopic (exact) mass is 414 g/mol. The lowest BCUT2D eigenvalue weighted by atomic mass is 10.4. The van der Waals surface area contributed by atoms with Gasteiger partial charge in [0, 0.05) is 25.8 Å². The first-order valence-corrected chi connectivity index (χ1v) is 11.7. The van der Waals surface area contributed by atoms with E-state index in [4.69, 9.17) is 9.05 Å². The van der Waals surface area contributed by atoms with Gasteiger partial charge in [0.05, 0.1) is 19.5 Å². The molecule has 0 radical (unpaired) electrons. The van der Waals surface area contributed by atoms with E-state index in [1.54, 1.807) is 29.3 Å². The Labute approximate surface area is 164 Å². The van der Waals surface area contributed by atoms with Gasteiger partial charge in [-0.25, -0.2) is 9.78 Å². The highest BCUT2D eigenvalue weighted by molar-refractivity contribution is 7.53. The van der Waals surface area contributed by atoms with Crippen LogP contribution in [0.25, 0.3) is 11.2 Å². The molecule has 2 aromatic rings. The first kappa shape index (κ1) is 22.6. The summed E-state index contributed by atoms with van der Waals surface area (Å²) < 4.78 is 27.6. The zero-order chi connectivity index (χ0) is 20.7. The van der Waals surface area contributed by atoms with Crippen LogP contribution in [-0.2, 0) is 33.2 Å². The van der Waals surface area contributed by atoms with Gasteiger partial charge in [-0.2, -0.15) is 0 Å². The second kappa shape index (κ2) is 10.2. The van der Waals surface area contributed by atoms with E-state index in [0.717, 1.165) is 6.42 Å². The predicted octanol–water partition coefficient (Wildman–Crippen LogP) is 2.84. The maximum absolute atomic E-state index is 12.9.